The monoisotopic (exact) mass is 469 g/mol. The molecule has 2 aliphatic heterocycles. The molecule has 4 atom stereocenters. The summed E-state index contributed by atoms with van der Waals surface area (Å²) >= 11 is 1.32. The van der Waals surface area contributed by atoms with Crippen LogP contribution < -0.4 is 45.3 Å². The average molecular weight is 469 g/mol. The number of fused-ring (bicyclic) bond motifs is 1. The van der Waals surface area contributed by atoms with E-state index in [0.29, 0.717) is 11.3 Å². The first-order valence-corrected chi connectivity index (χ1v) is 10.5. The van der Waals surface area contributed by atoms with Gasteiger partial charge in [-0.05, 0) is 26.3 Å². The van der Waals surface area contributed by atoms with Gasteiger partial charge in [0.05, 0.1) is 19.1 Å². The van der Waals surface area contributed by atoms with E-state index in [0.717, 1.165) is 0 Å². The molecule has 2 heterocycles. The summed E-state index contributed by atoms with van der Waals surface area (Å²) in [7, 11) is 1.25. The normalized spacial score (nSPS) is 24.4. The zero-order chi connectivity index (χ0) is 22.9. The number of allylic oxidation sites excluding steroid dienone is 1. The number of nitrogens with one attached hydrogen (secondary N) is 2. The fraction of sp³-hybridized carbons (Fsp3) is 0.429. The minimum atomic E-state index is -1.31. The number of carbonyl (C=O) groups excluding carboxylic acids is 4. The maximum atomic E-state index is 13.1. The Kier molecular flexibility index (Phi) is 8.44. The maximum absolute atomic E-state index is 13.1. The summed E-state index contributed by atoms with van der Waals surface area (Å²) in [6, 6.07) is 6.06. The van der Waals surface area contributed by atoms with E-state index in [2.05, 4.69) is 15.4 Å². The Morgan fingerprint density at radius 3 is 2.44 bits per heavy atom. The molecule has 0 saturated carbocycles. The molecule has 11 heteroatoms. The quantitative estimate of drug-likeness (QED) is 0.184. The van der Waals surface area contributed by atoms with Crippen molar-refractivity contribution in [2.75, 3.05) is 7.11 Å². The molecular weight excluding hydrogens is 445 g/mol. The number of carbonyl (C=O) groups is 4. The second kappa shape index (κ2) is 10.3. The number of methoxy groups -OCH3 is 1. The Bertz CT molecular complexity index is 939. The molecule has 2 N–H and O–H groups in total. The number of aliphatic carboxylic acids is 1. The molecule has 2 saturated heterocycles. The van der Waals surface area contributed by atoms with Crippen molar-refractivity contribution < 1.29 is 58.6 Å². The van der Waals surface area contributed by atoms with Gasteiger partial charge in [0.2, 0.25) is 11.8 Å². The number of hydrogen-bond donors (Lipinski definition) is 2. The predicted octanol–water partition coefficient (Wildman–Crippen LogP) is -3.30. The van der Waals surface area contributed by atoms with Gasteiger partial charge in [0.25, 0.3) is 0 Å². The van der Waals surface area contributed by atoms with Crippen LogP contribution in [-0.4, -0.2) is 58.0 Å². The van der Waals surface area contributed by atoms with Gasteiger partial charge in [-0.2, -0.15) is 0 Å². The number of carboxylic acids is 1. The number of rotatable bonds is 7. The molecule has 32 heavy (non-hydrogen) atoms. The minimum absolute atomic E-state index is 0. The van der Waals surface area contributed by atoms with Crippen molar-refractivity contribution >= 4 is 35.5 Å². The van der Waals surface area contributed by atoms with Gasteiger partial charge >= 0.3 is 35.5 Å². The van der Waals surface area contributed by atoms with Crippen LogP contribution in [0, 0.1) is 0 Å². The summed E-state index contributed by atoms with van der Waals surface area (Å²) in [6.07, 6.45) is 1.22. The van der Waals surface area contributed by atoms with Crippen LogP contribution >= 0.6 is 11.8 Å². The van der Waals surface area contributed by atoms with Crippen molar-refractivity contribution in [3.05, 3.63) is 47.7 Å². The van der Waals surface area contributed by atoms with Crippen LogP contribution in [0.2, 0.25) is 0 Å². The largest absolute Gasteiger partial charge is 1.00 e. The summed E-state index contributed by atoms with van der Waals surface area (Å²) < 4.78 is 3.87. The molecule has 2 amide bonds. The number of thioether (sulfide) groups is 1. The van der Waals surface area contributed by atoms with E-state index in [1.165, 1.54) is 29.8 Å². The van der Waals surface area contributed by atoms with E-state index in [1.54, 1.807) is 51.1 Å². The fourth-order valence-electron chi connectivity index (χ4n) is 3.81. The van der Waals surface area contributed by atoms with E-state index < -0.39 is 52.0 Å². The summed E-state index contributed by atoms with van der Waals surface area (Å²) in [5.74, 6) is -2.82. The molecule has 166 valence electrons. The van der Waals surface area contributed by atoms with Gasteiger partial charge in [0.1, 0.15) is 17.5 Å². The average Bonchev–Trinajstić information content (AvgIpc) is 2.98. The number of β-lactam (4-membered cyclic amide) rings is 1. The summed E-state index contributed by atoms with van der Waals surface area (Å²) in [5, 5.41) is 16.8. The molecule has 2 aliphatic rings. The zero-order valence-corrected chi connectivity index (χ0v) is 21.4. The number of ether oxygens (including phenoxy) is 1. The van der Waals surface area contributed by atoms with Crippen molar-refractivity contribution in [3.63, 3.8) is 0 Å². The maximum Gasteiger partial charge on any atom is 1.00 e. The van der Waals surface area contributed by atoms with Crippen molar-refractivity contribution in [3.8, 4) is 0 Å². The van der Waals surface area contributed by atoms with Gasteiger partial charge in [-0.15, -0.1) is 11.8 Å². The van der Waals surface area contributed by atoms with Gasteiger partial charge in [-0.25, -0.2) is 4.79 Å². The second-order valence-corrected chi connectivity index (χ2v) is 9.67. The van der Waals surface area contributed by atoms with Gasteiger partial charge in [-0.1, -0.05) is 30.3 Å². The fourth-order valence-corrected chi connectivity index (χ4v) is 5.43. The van der Waals surface area contributed by atoms with E-state index in [-0.39, 0.29) is 29.6 Å². The van der Waals surface area contributed by atoms with Crippen LogP contribution in [0.1, 0.15) is 32.4 Å². The molecule has 3 rings (SSSR count). The third-order valence-corrected chi connectivity index (χ3v) is 6.84. The first-order chi connectivity index (χ1) is 14.6. The molecular formula is C21H24N3NaO6S. The van der Waals surface area contributed by atoms with Gasteiger partial charge < -0.3 is 30.2 Å². The number of nitrogens with zero attached hydrogens (tertiary/aromatic N) is 1. The Labute approximate surface area is 212 Å². The minimum Gasteiger partial charge on any atom is -0.548 e. The Hall–Kier alpha value is -2.01. The van der Waals surface area contributed by atoms with E-state index in [9.17, 15) is 24.3 Å². The Morgan fingerprint density at radius 1 is 1.25 bits per heavy atom. The van der Waals surface area contributed by atoms with E-state index in [4.69, 9.17) is 0 Å². The molecule has 1 aromatic carbocycles. The topological polar surface area (TPSA) is 128 Å². The Balaban J connectivity index is 0.00000363. The number of benzene rings is 1. The molecule has 1 unspecified atom stereocenters. The van der Waals surface area contributed by atoms with E-state index >= 15 is 0 Å². The van der Waals surface area contributed by atoms with Gasteiger partial charge in [0.15, 0.2) is 0 Å². The van der Waals surface area contributed by atoms with Crippen LogP contribution in [0.5, 0.6) is 0 Å². The van der Waals surface area contributed by atoms with Crippen molar-refractivity contribution in [2.24, 2.45) is 0 Å². The van der Waals surface area contributed by atoms with Crippen LogP contribution in [0.25, 0.3) is 0 Å². The molecule has 2 fully saturated rings. The van der Waals surface area contributed by atoms with Crippen molar-refractivity contribution in [2.45, 2.75) is 49.0 Å². The smallest absolute Gasteiger partial charge is 0.548 e. The molecule has 0 spiro atoms. The molecule has 0 aliphatic carbocycles. The third kappa shape index (κ3) is 5.14. The summed E-state index contributed by atoms with van der Waals surface area (Å²) in [5.41, 5.74) is 1.04. The van der Waals surface area contributed by atoms with Gasteiger partial charge in [-0.3, -0.25) is 9.59 Å². The first kappa shape index (κ1) is 26.2. The molecule has 0 radical (unpaired) electrons. The molecule has 1 aromatic rings. The number of amides is 2. The van der Waals surface area contributed by atoms with Crippen LogP contribution in [0.15, 0.2) is 42.1 Å². The van der Waals surface area contributed by atoms with Crippen LogP contribution in [-0.2, 0) is 23.9 Å². The standard InChI is InChI=1S/C21H25N3O6S.Na/c1-11(10-13(25)30-4)22-14(12-8-6-5-7-9-12)17(26)23-15-18(27)24-16(20(28)29)21(2,3)31-19(15)24;/h5-10,14-16,19,22H,1-4H3,(H,23,26)(H,28,29);/q;+1/p-1/t14?,15-,16+,19-;/m1./s1. The number of esters is 1. The number of hydrogen-bond acceptors (Lipinski definition) is 8. The third-order valence-electron chi connectivity index (χ3n) is 5.26. The predicted molar refractivity (Wildman–Crippen MR) is 111 cm³/mol. The number of carboxylic acid groups (broad SMARTS) is 1. The molecule has 0 aromatic heterocycles. The Morgan fingerprint density at radius 2 is 1.88 bits per heavy atom. The van der Waals surface area contributed by atoms with Crippen molar-refractivity contribution in [1.29, 1.82) is 0 Å². The van der Waals surface area contributed by atoms with Gasteiger partial charge in [0, 0.05) is 16.5 Å². The first-order valence-electron chi connectivity index (χ1n) is 9.65. The summed E-state index contributed by atoms with van der Waals surface area (Å²) in [6.45, 7) is 5.09. The van der Waals surface area contributed by atoms with Crippen LogP contribution in [0.3, 0.4) is 0 Å². The van der Waals surface area contributed by atoms with Crippen LogP contribution in [0.4, 0.5) is 0 Å². The summed E-state index contributed by atoms with van der Waals surface area (Å²) in [4.78, 5) is 50.1. The van der Waals surface area contributed by atoms with Crippen molar-refractivity contribution in [1.82, 2.24) is 15.5 Å². The zero-order valence-electron chi connectivity index (χ0n) is 18.6. The molecule has 9 nitrogen and oxygen atoms in total. The van der Waals surface area contributed by atoms with E-state index in [1.807, 2.05) is 0 Å². The second-order valence-electron chi connectivity index (χ2n) is 7.90. The molecule has 0 bridgehead atoms. The SMILES string of the molecule is COC(=O)C=C(C)NC(C(=O)N[C@@H]1C(=O)N2[C@@H]1SC(C)(C)[C@@H]2C(=O)[O-])c1ccccc1.[Na+].